The molecule has 0 unspecified atom stereocenters. The smallest absolute Gasteiger partial charge is 0.255 e. The van der Waals surface area contributed by atoms with Gasteiger partial charge in [-0.15, -0.1) is 0 Å². The lowest BCUT2D eigenvalue weighted by molar-refractivity contribution is 0.0995. The number of halogens is 1. The minimum Gasteiger partial charge on any atom is -0.366 e. The summed E-state index contributed by atoms with van der Waals surface area (Å²) in [5, 5.41) is 2.83. The lowest BCUT2D eigenvalue weighted by atomic mass is 10.1. The normalized spacial score (nSPS) is 10.1. The van der Waals surface area contributed by atoms with Crippen LogP contribution < -0.4 is 11.1 Å². The second-order valence-electron chi connectivity index (χ2n) is 4.35. The number of benzene rings is 2. The van der Waals surface area contributed by atoms with E-state index in [-0.39, 0.29) is 5.91 Å². The van der Waals surface area contributed by atoms with E-state index in [4.69, 9.17) is 5.73 Å². The van der Waals surface area contributed by atoms with E-state index in [1.54, 1.807) is 12.1 Å². The number of primary amides is 1. The van der Waals surface area contributed by atoms with Crippen molar-refractivity contribution in [2.45, 2.75) is 6.92 Å². The molecule has 0 fully saturated rings. The summed E-state index contributed by atoms with van der Waals surface area (Å²) >= 11 is 3.37. The second kappa shape index (κ2) is 5.88. The van der Waals surface area contributed by atoms with Gasteiger partial charge in [0.15, 0.2) is 0 Å². The summed E-state index contributed by atoms with van der Waals surface area (Å²) in [6.45, 7) is 1.91. The highest BCUT2D eigenvalue weighted by Crippen LogP contribution is 2.20. The Balaban J connectivity index is 2.17. The van der Waals surface area contributed by atoms with Gasteiger partial charge in [-0.2, -0.15) is 0 Å². The molecule has 0 atom stereocenters. The summed E-state index contributed by atoms with van der Waals surface area (Å²) in [7, 11) is 0. The molecular weight excluding hydrogens is 320 g/mol. The molecule has 0 radical (unpaired) electrons. The molecule has 3 N–H and O–H groups in total. The van der Waals surface area contributed by atoms with Crippen molar-refractivity contribution >= 4 is 33.4 Å². The molecule has 2 aromatic rings. The van der Waals surface area contributed by atoms with Crippen LogP contribution in [0.1, 0.15) is 26.3 Å². The molecule has 2 amide bonds. The van der Waals surface area contributed by atoms with Crippen LogP contribution in [0.15, 0.2) is 46.9 Å². The molecule has 102 valence electrons. The van der Waals surface area contributed by atoms with E-state index >= 15 is 0 Å². The minimum atomic E-state index is -0.513. The van der Waals surface area contributed by atoms with Crippen LogP contribution in [-0.2, 0) is 0 Å². The van der Waals surface area contributed by atoms with Crippen molar-refractivity contribution in [1.29, 1.82) is 0 Å². The number of nitrogens with one attached hydrogen (secondary N) is 1. The Hall–Kier alpha value is -2.14. The molecule has 2 rings (SSSR count). The zero-order chi connectivity index (χ0) is 14.7. The molecule has 4 nitrogen and oxygen atoms in total. The van der Waals surface area contributed by atoms with Crippen molar-refractivity contribution in [3.05, 3.63) is 63.6 Å². The van der Waals surface area contributed by atoms with E-state index in [0.29, 0.717) is 11.1 Å². The number of nitrogens with two attached hydrogens (primary N) is 1. The number of carbonyl (C=O) groups excluding carboxylic acids is 2. The average Bonchev–Trinajstić information content (AvgIpc) is 2.42. The number of aryl methyl sites for hydroxylation is 1. The quantitative estimate of drug-likeness (QED) is 0.906. The van der Waals surface area contributed by atoms with Crippen molar-refractivity contribution < 1.29 is 9.59 Å². The molecule has 0 spiro atoms. The molecule has 0 aromatic heterocycles. The van der Waals surface area contributed by atoms with Crippen LogP contribution in [0, 0.1) is 6.92 Å². The van der Waals surface area contributed by atoms with Gasteiger partial charge in [-0.25, -0.2) is 0 Å². The zero-order valence-electron chi connectivity index (χ0n) is 10.8. The van der Waals surface area contributed by atoms with Crippen molar-refractivity contribution in [3.8, 4) is 0 Å². The third-order valence-corrected chi connectivity index (χ3v) is 3.36. The van der Waals surface area contributed by atoms with E-state index in [9.17, 15) is 9.59 Å². The van der Waals surface area contributed by atoms with Gasteiger partial charge in [0.2, 0.25) is 5.91 Å². The maximum absolute atomic E-state index is 12.1. The summed E-state index contributed by atoms with van der Waals surface area (Å²) in [4.78, 5) is 23.1. The van der Waals surface area contributed by atoms with Crippen LogP contribution in [0.2, 0.25) is 0 Å². The molecule has 0 saturated carbocycles. The summed E-state index contributed by atoms with van der Waals surface area (Å²) in [5.41, 5.74) is 7.71. The topological polar surface area (TPSA) is 72.2 Å². The lowest BCUT2D eigenvalue weighted by Gasteiger charge is -2.09. The highest BCUT2D eigenvalue weighted by Gasteiger charge is 2.09. The van der Waals surface area contributed by atoms with Crippen LogP contribution in [0.25, 0.3) is 0 Å². The molecule has 0 aliphatic carbocycles. The molecule has 0 heterocycles. The van der Waals surface area contributed by atoms with Crippen molar-refractivity contribution in [2.75, 3.05) is 5.32 Å². The van der Waals surface area contributed by atoms with Gasteiger partial charge in [0.25, 0.3) is 5.91 Å². The fourth-order valence-corrected chi connectivity index (χ4v) is 2.22. The predicted molar refractivity (Wildman–Crippen MR) is 81.8 cm³/mol. The Morgan fingerprint density at radius 1 is 1.05 bits per heavy atom. The predicted octanol–water partition coefficient (Wildman–Crippen LogP) is 3.11. The minimum absolute atomic E-state index is 0.230. The Kier molecular flexibility index (Phi) is 4.20. The molecule has 0 aliphatic rings. The van der Waals surface area contributed by atoms with Crippen LogP contribution in [0.3, 0.4) is 0 Å². The molecular formula is C15H13BrN2O2. The van der Waals surface area contributed by atoms with E-state index in [2.05, 4.69) is 21.2 Å². The highest BCUT2D eigenvalue weighted by atomic mass is 79.9. The standard InChI is InChI=1S/C15H13BrN2O2/c1-9-8-12(16)6-7-13(9)18-15(20)11-4-2-10(3-5-11)14(17)19/h2-8H,1H3,(H2,17,19)(H,18,20). The van der Waals surface area contributed by atoms with Gasteiger partial charge in [0.1, 0.15) is 0 Å². The van der Waals surface area contributed by atoms with Gasteiger partial charge in [-0.3, -0.25) is 9.59 Å². The molecule has 5 heteroatoms. The highest BCUT2D eigenvalue weighted by molar-refractivity contribution is 9.10. The van der Waals surface area contributed by atoms with E-state index in [1.807, 2.05) is 25.1 Å². The van der Waals surface area contributed by atoms with Gasteiger partial charge in [0.05, 0.1) is 0 Å². The Morgan fingerprint density at radius 3 is 2.20 bits per heavy atom. The number of hydrogen-bond donors (Lipinski definition) is 2. The largest absolute Gasteiger partial charge is 0.366 e. The number of amides is 2. The van der Waals surface area contributed by atoms with Crippen molar-refractivity contribution in [3.63, 3.8) is 0 Å². The van der Waals surface area contributed by atoms with Crippen molar-refractivity contribution in [2.24, 2.45) is 5.73 Å². The maximum atomic E-state index is 12.1. The average molecular weight is 333 g/mol. The molecule has 0 bridgehead atoms. The van der Waals surface area contributed by atoms with Crippen LogP contribution >= 0.6 is 15.9 Å². The Bertz CT molecular complexity index is 666. The summed E-state index contributed by atoms with van der Waals surface area (Å²) in [6, 6.07) is 11.8. The fraction of sp³-hybridized carbons (Fsp3) is 0.0667. The SMILES string of the molecule is Cc1cc(Br)ccc1NC(=O)c1ccc(C(N)=O)cc1. The number of hydrogen-bond acceptors (Lipinski definition) is 2. The molecule has 2 aromatic carbocycles. The molecule has 0 saturated heterocycles. The first-order valence-corrected chi connectivity index (χ1v) is 6.74. The van der Waals surface area contributed by atoms with E-state index < -0.39 is 5.91 Å². The van der Waals surface area contributed by atoms with E-state index in [0.717, 1.165) is 15.7 Å². The Morgan fingerprint density at radius 2 is 1.65 bits per heavy atom. The van der Waals surface area contributed by atoms with Gasteiger partial charge in [-0.1, -0.05) is 15.9 Å². The Labute approximate surface area is 125 Å². The molecule has 0 aliphatic heterocycles. The van der Waals surface area contributed by atoms with Crippen LogP contribution in [-0.4, -0.2) is 11.8 Å². The first kappa shape index (κ1) is 14.3. The zero-order valence-corrected chi connectivity index (χ0v) is 12.4. The van der Waals surface area contributed by atoms with Crippen molar-refractivity contribution in [1.82, 2.24) is 0 Å². The van der Waals surface area contributed by atoms with Gasteiger partial charge < -0.3 is 11.1 Å². The third kappa shape index (κ3) is 3.24. The van der Waals surface area contributed by atoms with Crippen LogP contribution in [0.4, 0.5) is 5.69 Å². The first-order valence-electron chi connectivity index (χ1n) is 5.95. The van der Waals surface area contributed by atoms with E-state index in [1.165, 1.54) is 12.1 Å². The fourth-order valence-electron chi connectivity index (χ4n) is 1.75. The van der Waals surface area contributed by atoms with Gasteiger partial charge >= 0.3 is 0 Å². The lowest BCUT2D eigenvalue weighted by Crippen LogP contribution is -2.14. The summed E-state index contributed by atoms with van der Waals surface area (Å²) in [5.74, 6) is -0.743. The number of carbonyl (C=O) groups is 2. The summed E-state index contributed by atoms with van der Waals surface area (Å²) in [6.07, 6.45) is 0. The monoisotopic (exact) mass is 332 g/mol. The third-order valence-electron chi connectivity index (χ3n) is 2.87. The first-order chi connectivity index (χ1) is 9.47. The van der Waals surface area contributed by atoms with Gasteiger partial charge in [0, 0.05) is 21.3 Å². The number of rotatable bonds is 3. The number of anilines is 1. The van der Waals surface area contributed by atoms with Gasteiger partial charge in [-0.05, 0) is 55.0 Å². The second-order valence-corrected chi connectivity index (χ2v) is 5.27. The summed E-state index contributed by atoms with van der Waals surface area (Å²) < 4.78 is 0.957. The molecule has 20 heavy (non-hydrogen) atoms. The van der Waals surface area contributed by atoms with Crippen LogP contribution in [0.5, 0.6) is 0 Å². The maximum Gasteiger partial charge on any atom is 0.255 e.